The Hall–Kier alpha value is -6.47. The third kappa shape index (κ3) is 5.61. The first-order valence-corrected chi connectivity index (χ1v) is 19.6. The number of hydrogen-bond donors (Lipinski definition) is 3. The standard InChI is InChI=1S/C49H38N4OS/c1-2-3-11-29-51-49(31-15-5-4-6-16-31)52-48(50)38-21-14-26-44-46(38)45-33(19-13-25-43(45)55-44)32-27-28-36-37-20-12-24-41(47(37)54-42(36)30-32)53-39-22-9-7-17-34(39)35-18-8-10-23-40(35)53/h2,4-10,12-28,30,49,51H,1,3,11,29H2,(H2,50,52). The van der Waals surface area contributed by atoms with Crippen LogP contribution < -0.4 is 10.6 Å². The Kier molecular flexibility index (Phi) is 8.28. The number of allylic oxidation sites excluding steroid dienone is 1. The number of para-hydroxylation sites is 3. The maximum atomic E-state index is 9.47. The van der Waals surface area contributed by atoms with Crippen LogP contribution in [0.4, 0.5) is 0 Å². The van der Waals surface area contributed by atoms with Gasteiger partial charge in [0.25, 0.3) is 0 Å². The minimum atomic E-state index is -0.207. The van der Waals surface area contributed by atoms with Crippen molar-refractivity contribution in [1.29, 1.82) is 5.41 Å². The summed E-state index contributed by atoms with van der Waals surface area (Å²) in [5.41, 5.74) is 9.23. The molecule has 10 rings (SSSR count). The van der Waals surface area contributed by atoms with Crippen molar-refractivity contribution in [2.45, 2.75) is 19.0 Å². The Morgan fingerprint density at radius 1 is 0.709 bits per heavy atom. The first-order valence-electron chi connectivity index (χ1n) is 18.8. The maximum absolute atomic E-state index is 9.47. The number of furan rings is 1. The molecule has 55 heavy (non-hydrogen) atoms. The fraction of sp³-hybridized carbons (Fsp3) is 0.0816. The van der Waals surface area contributed by atoms with Crippen LogP contribution in [0.1, 0.15) is 30.1 Å². The van der Waals surface area contributed by atoms with Crippen LogP contribution in [0.3, 0.4) is 0 Å². The number of thiophene rings is 1. The van der Waals surface area contributed by atoms with Gasteiger partial charge in [0.2, 0.25) is 0 Å². The van der Waals surface area contributed by atoms with Gasteiger partial charge in [-0.15, -0.1) is 17.9 Å². The van der Waals surface area contributed by atoms with Crippen molar-refractivity contribution in [2.75, 3.05) is 6.54 Å². The monoisotopic (exact) mass is 730 g/mol. The molecule has 0 aliphatic rings. The molecule has 0 aliphatic carbocycles. The van der Waals surface area contributed by atoms with Gasteiger partial charge in [0.15, 0.2) is 5.58 Å². The van der Waals surface area contributed by atoms with Gasteiger partial charge in [0.05, 0.1) is 16.7 Å². The summed E-state index contributed by atoms with van der Waals surface area (Å²) >= 11 is 1.77. The topological polar surface area (TPSA) is 66.0 Å². The van der Waals surface area contributed by atoms with Gasteiger partial charge in [-0.2, -0.15) is 0 Å². The largest absolute Gasteiger partial charge is 0.454 e. The molecule has 1 atom stereocenters. The van der Waals surface area contributed by atoms with E-state index in [2.05, 4.69) is 155 Å². The lowest BCUT2D eigenvalue weighted by atomic mass is 9.96. The Balaban J connectivity index is 1.09. The summed E-state index contributed by atoms with van der Waals surface area (Å²) in [5, 5.41) is 23.5. The van der Waals surface area contributed by atoms with Crippen LogP contribution in [0.15, 0.2) is 169 Å². The van der Waals surface area contributed by atoms with Gasteiger partial charge in [-0.05, 0) is 78.5 Å². The van der Waals surface area contributed by atoms with Crippen LogP contribution in [0, 0.1) is 5.41 Å². The molecule has 3 N–H and O–H groups in total. The number of benzene rings is 7. The van der Waals surface area contributed by atoms with Crippen molar-refractivity contribution in [3.05, 3.63) is 175 Å². The predicted octanol–water partition coefficient (Wildman–Crippen LogP) is 12.9. The van der Waals surface area contributed by atoms with Crippen LogP contribution in [-0.2, 0) is 0 Å². The molecule has 3 aromatic heterocycles. The fourth-order valence-electron chi connectivity index (χ4n) is 8.24. The number of fused-ring (bicyclic) bond motifs is 9. The molecule has 10 aromatic rings. The van der Waals surface area contributed by atoms with Crippen molar-refractivity contribution >= 4 is 81.1 Å². The summed E-state index contributed by atoms with van der Waals surface area (Å²) in [6.45, 7) is 4.69. The van der Waals surface area contributed by atoms with Gasteiger partial charge in [0.1, 0.15) is 17.6 Å². The zero-order chi connectivity index (χ0) is 36.9. The van der Waals surface area contributed by atoms with Crippen molar-refractivity contribution in [3.63, 3.8) is 0 Å². The van der Waals surface area contributed by atoms with Crippen LogP contribution in [0.2, 0.25) is 0 Å². The molecule has 0 radical (unpaired) electrons. The van der Waals surface area contributed by atoms with E-state index >= 15 is 0 Å². The van der Waals surface area contributed by atoms with Gasteiger partial charge < -0.3 is 14.3 Å². The van der Waals surface area contributed by atoms with Crippen LogP contribution in [-0.4, -0.2) is 16.9 Å². The first kappa shape index (κ1) is 33.1. The van der Waals surface area contributed by atoms with E-state index in [9.17, 15) is 5.41 Å². The summed E-state index contributed by atoms with van der Waals surface area (Å²) in [7, 11) is 0. The molecule has 1 unspecified atom stereocenters. The highest BCUT2D eigenvalue weighted by atomic mass is 32.1. The fourth-order valence-corrected chi connectivity index (χ4v) is 9.40. The van der Waals surface area contributed by atoms with E-state index in [0.717, 1.165) is 95.8 Å². The molecule has 0 bridgehead atoms. The molecule has 0 amide bonds. The number of nitrogens with zero attached hydrogens (tertiary/aromatic N) is 1. The molecular formula is C49H38N4OS. The highest BCUT2D eigenvalue weighted by Crippen LogP contribution is 2.44. The lowest BCUT2D eigenvalue weighted by molar-refractivity contribution is 0.498. The number of hydrogen-bond acceptors (Lipinski definition) is 4. The highest BCUT2D eigenvalue weighted by molar-refractivity contribution is 7.26. The lowest BCUT2D eigenvalue weighted by Gasteiger charge is -2.23. The third-order valence-corrected chi connectivity index (χ3v) is 11.9. The average Bonchev–Trinajstić information content (AvgIpc) is 3.91. The second-order valence-electron chi connectivity index (χ2n) is 14.0. The van der Waals surface area contributed by atoms with E-state index in [1.165, 1.54) is 15.5 Å². The maximum Gasteiger partial charge on any atom is 0.159 e. The third-order valence-electron chi connectivity index (χ3n) is 10.8. The summed E-state index contributed by atoms with van der Waals surface area (Å²) in [5.74, 6) is 0.385. The van der Waals surface area contributed by atoms with Crippen LogP contribution >= 0.6 is 11.3 Å². The molecule has 0 spiro atoms. The SMILES string of the molecule is C=CCCCNC(NC(=N)c1cccc2sc3cccc(-c4ccc5c(c4)oc4c(-n6c7ccccc7c7ccccc76)cccc45)c3c12)c1ccccc1. The molecule has 7 aromatic carbocycles. The van der Waals surface area contributed by atoms with Gasteiger partial charge in [0, 0.05) is 47.3 Å². The second kappa shape index (κ2) is 13.7. The van der Waals surface area contributed by atoms with E-state index in [1.54, 1.807) is 11.3 Å². The number of aromatic nitrogens is 1. The number of amidine groups is 1. The van der Waals surface area contributed by atoms with Gasteiger partial charge in [-0.1, -0.05) is 115 Å². The van der Waals surface area contributed by atoms with Crippen LogP contribution in [0.25, 0.3) is 80.7 Å². The normalized spacial score (nSPS) is 12.4. The molecular weight excluding hydrogens is 693 g/mol. The molecule has 6 heteroatoms. The molecule has 5 nitrogen and oxygen atoms in total. The minimum absolute atomic E-state index is 0.207. The van der Waals surface area contributed by atoms with Crippen LogP contribution in [0.5, 0.6) is 0 Å². The summed E-state index contributed by atoms with van der Waals surface area (Å²) < 4.78 is 11.5. The van der Waals surface area contributed by atoms with Crippen molar-refractivity contribution in [1.82, 2.24) is 15.2 Å². The smallest absolute Gasteiger partial charge is 0.159 e. The molecule has 0 saturated heterocycles. The molecule has 0 saturated carbocycles. The number of rotatable bonds is 10. The Labute approximate surface area is 322 Å². The average molecular weight is 731 g/mol. The quantitative estimate of drug-likeness (QED) is 0.0431. The second-order valence-corrected chi connectivity index (χ2v) is 15.1. The zero-order valence-corrected chi connectivity index (χ0v) is 31.0. The Bertz CT molecular complexity index is 3020. The summed E-state index contributed by atoms with van der Waals surface area (Å²) in [6, 6.07) is 53.4. The molecule has 3 heterocycles. The van der Waals surface area contributed by atoms with Gasteiger partial charge in [-0.25, -0.2) is 0 Å². The van der Waals surface area contributed by atoms with E-state index in [4.69, 9.17) is 4.42 Å². The van der Waals surface area contributed by atoms with E-state index < -0.39 is 0 Å². The summed E-state index contributed by atoms with van der Waals surface area (Å²) in [6.07, 6.45) is 3.66. The van der Waals surface area contributed by atoms with Crippen molar-refractivity contribution in [3.8, 4) is 16.8 Å². The Morgan fingerprint density at radius 2 is 1.40 bits per heavy atom. The van der Waals surface area contributed by atoms with E-state index in [0.29, 0.717) is 5.84 Å². The lowest BCUT2D eigenvalue weighted by Crippen LogP contribution is -2.38. The molecule has 266 valence electrons. The van der Waals surface area contributed by atoms with Gasteiger partial charge in [-0.3, -0.25) is 10.7 Å². The number of unbranched alkanes of at least 4 members (excludes halogenated alkanes) is 1. The summed E-state index contributed by atoms with van der Waals surface area (Å²) in [4.78, 5) is 0. The Morgan fingerprint density at radius 3 is 2.18 bits per heavy atom. The predicted molar refractivity (Wildman–Crippen MR) is 233 cm³/mol. The highest BCUT2D eigenvalue weighted by Gasteiger charge is 2.21. The first-order chi connectivity index (χ1) is 27.2. The molecule has 0 fully saturated rings. The van der Waals surface area contributed by atoms with Crippen molar-refractivity contribution in [2.24, 2.45) is 0 Å². The van der Waals surface area contributed by atoms with E-state index in [-0.39, 0.29) is 6.17 Å². The van der Waals surface area contributed by atoms with Crippen molar-refractivity contribution < 1.29 is 4.42 Å². The van der Waals surface area contributed by atoms with Gasteiger partial charge >= 0.3 is 0 Å². The minimum Gasteiger partial charge on any atom is -0.454 e. The van der Waals surface area contributed by atoms with E-state index in [1.807, 2.05) is 24.3 Å². The number of nitrogens with one attached hydrogen (secondary N) is 3. The zero-order valence-electron chi connectivity index (χ0n) is 30.2. The molecule has 0 aliphatic heterocycles.